The molecule has 2 amide bonds. The van der Waals surface area contributed by atoms with Gasteiger partial charge >= 0.3 is 0 Å². The molecule has 2 heterocycles. The molecule has 24 heavy (non-hydrogen) atoms. The Morgan fingerprint density at radius 1 is 1.25 bits per heavy atom. The first kappa shape index (κ1) is 18.1. The Hall–Kier alpha value is -2.21. The van der Waals surface area contributed by atoms with Gasteiger partial charge in [-0.25, -0.2) is 0 Å². The zero-order valence-corrected chi connectivity index (χ0v) is 15.0. The van der Waals surface area contributed by atoms with E-state index in [9.17, 15) is 9.59 Å². The first-order valence-corrected chi connectivity index (χ1v) is 8.86. The minimum atomic E-state index is -0.534. The third-order valence-corrected chi connectivity index (χ3v) is 4.64. The van der Waals surface area contributed by atoms with Crippen LogP contribution in [0.5, 0.6) is 0 Å². The van der Waals surface area contributed by atoms with E-state index in [1.807, 2.05) is 43.5 Å². The van der Waals surface area contributed by atoms with E-state index in [-0.39, 0.29) is 17.7 Å². The summed E-state index contributed by atoms with van der Waals surface area (Å²) in [5.41, 5.74) is 0.945. The number of nitrogens with one attached hydrogen (secondary N) is 1. The third-order valence-electron chi connectivity index (χ3n) is 3.77. The van der Waals surface area contributed by atoms with Crippen LogP contribution in [0, 0.1) is 5.92 Å². The van der Waals surface area contributed by atoms with Crippen molar-refractivity contribution in [2.24, 2.45) is 5.92 Å². The highest BCUT2D eigenvalue weighted by atomic mass is 32.1. The maximum absolute atomic E-state index is 12.7. The zero-order valence-electron chi connectivity index (χ0n) is 14.2. The van der Waals surface area contributed by atoms with Gasteiger partial charge in [-0.15, -0.1) is 11.3 Å². The normalized spacial score (nSPS) is 12.0. The van der Waals surface area contributed by atoms with E-state index in [2.05, 4.69) is 10.3 Å². The number of carbonyl (C=O) groups excluding carboxylic acids is 2. The Bertz CT molecular complexity index is 656. The molecule has 0 radical (unpaired) electrons. The molecule has 1 N–H and O–H groups in total. The molecule has 1 unspecified atom stereocenters. The molecule has 0 spiro atoms. The molecule has 0 aliphatic heterocycles. The summed E-state index contributed by atoms with van der Waals surface area (Å²) in [6.07, 6.45) is 2.43. The number of thiophene rings is 1. The van der Waals surface area contributed by atoms with Gasteiger partial charge in [0.1, 0.15) is 6.04 Å². The number of nitrogens with zero attached hydrogens (tertiary/aromatic N) is 2. The molecule has 2 aromatic heterocycles. The van der Waals surface area contributed by atoms with E-state index in [1.54, 1.807) is 24.2 Å². The average molecular weight is 345 g/mol. The van der Waals surface area contributed by atoms with E-state index < -0.39 is 6.04 Å². The van der Waals surface area contributed by atoms with Crippen molar-refractivity contribution in [2.75, 3.05) is 13.6 Å². The summed E-state index contributed by atoms with van der Waals surface area (Å²) >= 11 is 1.37. The van der Waals surface area contributed by atoms with Gasteiger partial charge in [0, 0.05) is 31.9 Å². The van der Waals surface area contributed by atoms with Gasteiger partial charge in [0.05, 0.1) is 4.88 Å². The first-order chi connectivity index (χ1) is 11.5. The van der Waals surface area contributed by atoms with Crippen LogP contribution in [0.15, 0.2) is 41.9 Å². The van der Waals surface area contributed by atoms with E-state index >= 15 is 0 Å². The van der Waals surface area contributed by atoms with Crippen molar-refractivity contribution in [2.45, 2.75) is 26.3 Å². The van der Waals surface area contributed by atoms with Crippen molar-refractivity contribution in [3.05, 3.63) is 52.5 Å². The van der Waals surface area contributed by atoms with Gasteiger partial charge in [0.2, 0.25) is 5.91 Å². The molecular formula is C18H23N3O2S. The van der Waals surface area contributed by atoms with Crippen molar-refractivity contribution in [3.63, 3.8) is 0 Å². The Morgan fingerprint density at radius 3 is 2.62 bits per heavy atom. The number of amides is 2. The Morgan fingerprint density at radius 2 is 2.04 bits per heavy atom. The van der Waals surface area contributed by atoms with Crippen LogP contribution in [0.2, 0.25) is 0 Å². The number of hydrogen-bond acceptors (Lipinski definition) is 4. The molecule has 2 aromatic rings. The molecule has 5 nitrogen and oxygen atoms in total. The highest BCUT2D eigenvalue weighted by Gasteiger charge is 2.27. The molecule has 6 heteroatoms. The van der Waals surface area contributed by atoms with Crippen LogP contribution < -0.4 is 5.32 Å². The summed E-state index contributed by atoms with van der Waals surface area (Å²) in [4.78, 5) is 31.5. The molecule has 1 atom stereocenters. The summed E-state index contributed by atoms with van der Waals surface area (Å²) in [6.45, 7) is 4.43. The lowest BCUT2D eigenvalue weighted by Gasteiger charge is -2.27. The fourth-order valence-corrected chi connectivity index (χ4v) is 2.94. The fraction of sp³-hybridized carbons (Fsp3) is 0.389. The van der Waals surface area contributed by atoms with Gasteiger partial charge in [-0.1, -0.05) is 26.0 Å². The molecule has 0 aliphatic carbocycles. The van der Waals surface area contributed by atoms with Crippen LogP contribution in [0.3, 0.4) is 0 Å². The maximum atomic E-state index is 12.7. The number of aromatic nitrogens is 1. The molecule has 128 valence electrons. The molecule has 0 fully saturated rings. The van der Waals surface area contributed by atoms with E-state index in [0.717, 1.165) is 5.69 Å². The number of hydrogen-bond donors (Lipinski definition) is 1. The number of rotatable bonds is 7. The predicted octanol–water partition coefficient (Wildman–Crippen LogP) is 2.60. The third kappa shape index (κ3) is 4.89. The monoisotopic (exact) mass is 345 g/mol. The number of likely N-dealkylation sites (N-methyl/N-ethyl adjacent to an activating group) is 1. The van der Waals surface area contributed by atoms with Crippen molar-refractivity contribution >= 4 is 23.2 Å². The van der Waals surface area contributed by atoms with E-state index in [0.29, 0.717) is 17.8 Å². The van der Waals surface area contributed by atoms with Crippen LogP contribution in [0.1, 0.15) is 29.2 Å². The molecule has 2 rings (SSSR count). The summed E-state index contributed by atoms with van der Waals surface area (Å²) in [5.74, 6) is -0.264. The average Bonchev–Trinajstić information content (AvgIpc) is 3.12. The van der Waals surface area contributed by atoms with Crippen LogP contribution >= 0.6 is 11.3 Å². The minimum absolute atomic E-state index is 0.0127. The summed E-state index contributed by atoms with van der Waals surface area (Å²) in [6, 6.07) is 8.79. The first-order valence-electron chi connectivity index (χ1n) is 7.98. The lowest BCUT2D eigenvalue weighted by Crippen LogP contribution is -2.50. The van der Waals surface area contributed by atoms with Gasteiger partial charge in [0.25, 0.3) is 5.91 Å². The minimum Gasteiger partial charge on any atom is -0.344 e. The molecule has 0 saturated carbocycles. The van der Waals surface area contributed by atoms with Gasteiger partial charge in [-0.05, 0) is 29.5 Å². The van der Waals surface area contributed by atoms with Gasteiger partial charge < -0.3 is 10.2 Å². The molecule has 0 aliphatic rings. The second kappa shape index (κ2) is 8.59. The number of carbonyl (C=O) groups is 2. The standard InChI is InChI=1S/C18H23N3O2S/c1-13(2)16(20-17(22)15-8-6-12-24-15)18(23)21(3)11-9-14-7-4-5-10-19-14/h4-8,10,12-13,16H,9,11H2,1-3H3,(H,20,22). The topological polar surface area (TPSA) is 62.3 Å². The predicted molar refractivity (Wildman–Crippen MR) is 96.0 cm³/mol. The second-order valence-electron chi connectivity index (χ2n) is 6.00. The summed E-state index contributed by atoms with van der Waals surface area (Å²) in [5, 5.41) is 4.71. The lowest BCUT2D eigenvalue weighted by molar-refractivity contribution is -0.133. The fourth-order valence-electron chi connectivity index (χ4n) is 2.31. The smallest absolute Gasteiger partial charge is 0.262 e. The second-order valence-corrected chi connectivity index (χ2v) is 6.95. The summed E-state index contributed by atoms with van der Waals surface area (Å²) in [7, 11) is 1.76. The molecular weight excluding hydrogens is 322 g/mol. The van der Waals surface area contributed by atoms with E-state index in [4.69, 9.17) is 0 Å². The van der Waals surface area contributed by atoms with Crippen molar-refractivity contribution in [1.29, 1.82) is 0 Å². The highest BCUT2D eigenvalue weighted by molar-refractivity contribution is 7.12. The van der Waals surface area contributed by atoms with Crippen molar-refractivity contribution in [3.8, 4) is 0 Å². The Kier molecular flexibility index (Phi) is 6.49. The van der Waals surface area contributed by atoms with Gasteiger partial charge in [-0.3, -0.25) is 14.6 Å². The zero-order chi connectivity index (χ0) is 17.5. The Labute approximate surface area is 146 Å². The van der Waals surface area contributed by atoms with Crippen molar-refractivity contribution in [1.82, 2.24) is 15.2 Å². The Balaban J connectivity index is 1.96. The van der Waals surface area contributed by atoms with Gasteiger partial charge in [0.15, 0.2) is 0 Å². The SMILES string of the molecule is CC(C)C(NC(=O)c1cccs1)C(=O)N(C)CCc1ccccn1. The van der Waals surface area contributed by atoms with Crippen LogP contribution in [-0.4, -0.2) is 41.3 Å². The highest BCUT2D eigenvalue weighted by Crippen LogP contribution is 2.11. The largest absolute Gasteiger partial charge is 0.344 e. The number of pyridine rings is 1. The molecule has 0 saturated heterocycles. The van der Waals surface area contributed by atoms with Crippen LogP contribution in [0.4, 0.5) is 0 Å². The molecule has 0 bridgehead atoms. The van der Waals surface area contributed by atoms with Crippen LogP contribution in [-0.2, 0) is 11.2 Å². The van der Waals surface area contributed by atoms with Gasteiger partial charge in [-0.2, -0.15) is 0 Å². The lowest BCUT2D eigenvalue weighted by atomic mass is 10.0. The molecule has 0 aromatic carbocycles. The summed E-state index contributed by atoms with van der Waals surface area (Å²) < 4.78 is 0. The van der Waals surface area contributed by atoms with Crippen LogP contribution in [0.25, 0.3) is 0 Å². The van der Waals surface area contributed by atoms with E-state index in [1.165, 1.54) is 11.3 Å². The van der Waals surface area contributed by atoms with Crippen molar-refractivity contribution < 1.29 is 9.59 Å². The maximum Gasteiger partial charge on any atom is 0.262 e. The quantitative estimate of drug-likeness (QED) is 0.839.